The van der Waals surface area contributed by atoms with Crippen molar-refractivity contribution in [1.82, 2.24) is 0 Å². The van der Waals surface area contributed by atoms with Gasteiger partial charge in [0.15, 0.2) is 0 Å². The number of benzene rings is 2. The van der Waals surface area contributed by atoms with Crippen molar-refractivity contribution in [3.05, 3.63) is 82.2 Å². The van der Waals surface area contributed by atoms with E-state index in [1.807, 2.05) is 65.1 Å². The minimum Gasteiger partial charge on any atom is -0.371 e. The molecule has 0 unspecified atom stereocenters. The van der Waals surface area contributed by atoms with Gasteiger partial charge in [0, 0.05) is 39.6 Å². The van der Waals surface area contributed by atoms with Gasteiger partial charge in [0.1, 0.15) is 0 Å². The van der Waals surface area contributed by atoms with E-state index in [2.05, 4.69) is 60.7 Å². The molecule has 0 bridgehead atoms. The number of rotatable bonds is 18. The quantitative estimate of drug-likeness (QED) is 0.145. The standard InChI is InChI=1S/C30H44O6Si2/c1-7-31-37(32-8-2,33-9-3)25-23-29-19-15-27(16-20-29)13-14-28-17-21-30(22-18-28)24-26-38(34-10-4,35-11-5)36-12-6/h13-26H,7-12H2,1-6H3. The third-order valence-corrected chi connectivity index (χ3v) is 10.7. The molecule has 0 N–H and O–H groups in total. The minimum absolute atomic E-state index is 0.549. The van der Waals surface area contributed by atoms with Crippen molar-refractivity contribution in [2.45, 2.75) is 41.5 Å². The van der Waals surface area contributed by atoms with Crippen LogP contribution in [0.5, 0.6) is 0 Å². The van der Waals surface area contributed by atoms with Gasteiger partial charge in [-0.1, -0.05) is 72.8 Å². The summed E-state index contributed by atoms with van der Waals surface area (Å²) >= 11 is 0. The third-order valence-electron chi connectivity index (χ3n) is 5.37. The fraction of sp³-hybridized carbons (Fsp3) is 0.400. The molecule has 0 spiro atoms. The summed E-state index contributed by atoms with van der Waals surface area (Å²) in [4.78, 5) is 0. The van der Waals surface area contributed by atoms with Crippen molar-refractivity contribution in [2.75, 3.05) is 39.6 Å². The first kappa shape index (κ1) is 32.1. The molecule has 0 aliphatic heterocycles. The molecule has 0 fully saturated rings. The monoisotopic (exact) mass is 556 g/mol. The normalized spacial score (nSPS) is 12.9. The molecule has 0 atom stereocenters. The summed E-state index contributed by atoms with van der Waals surface area (Å²) in [7, 11) is -5.61. The summed E-state index contributed by atoms with van der Waals surface area (Å²) in [6.07, 6.45) is 8.25. The molecule has 0 saturated heterocycles. The van der Waals surface area contributed by atoms with Crippen LogP contribution in [0, 0.1) is 0 Å². The van der Waals surface area contributed by atoms with Crippen LogP contribution in [-0.4, -0.2) is 57.3 Å². The van der Waals surface area contributed by atoms with E-state index in [0.29, 0.717) is 39.6 Å². The predicted octanol–water partition coefficient (Wildman–Crippen LogP) is 7.06. The van der Waals surface area contributed by atoms with E-state index in [4.69, 9.17) is 26.6 Å². The lowest BCUT2D eigenvalue weighted by Gasteiger charge is -2.25. The molecular formula is C30H44O6Si2. The molecule has 0 amide bonds. The number of hydrogen-bond acceptors (Lipinski definition) is 6. The van der Waals surface area contributed by atoms with Crippen LogP contribution in [0.1, 0.15) is 63.8 Å². The van der Waals surface area contributed by atoms with Crippen LogP contribution in [0.3, 0.4) is 0 Å². The van der Waals surface area contributed by atoms with Gasteiger partial charge in [-0.2, -0.15) is 0 Å². The Morgan fingerprint density at radius 3 is 0.816 bits per heavy atom. The maximum atomic E-state index is 5.89. The molecule has 38 heavy (non-hydrogen) atoms. The van der Waals surface area contributed by atoms with Crippen molar-refractivity contribution >= 4 is 41.9 Å². The molecule has 2 aromatic carbocycles. The van der Waals surface area contributed by atoms with Crippen molar-refractivity contribution < 1.29 is 26.6 Å². The molecule has 0 saturated carbocycles. The maximum absolute atomic E-state index is 5.89. The van der Waals surface area contributed by atoms with Gasteiger partial charge in [-0.25, -0.2) is 0 Å². The largest absolute Gasteiger partial charge is 0.529 e. The van der Waals surface area contributed by atoms with Crippen LogP contribution >= 0.6 is 0 Å². The zero-order chi connectivity index (χ0) is 27.7. The summed E-state index contributed by atoms with van der Waals surface area (Å²) < 4.78 is 35.4. The van der Waals surface area contributed by atoms with Gasteiger partial charge in [0.2, 0.25) is 0 Å². The van der Waals surface area contributed by atoms with Gasteiger partial charge in [0.05, 0.1) is 0 Å². The summed E-state index contributed by atoms with van der Waals surface area (Å²) in [6.45, 7) is 15.0. The van der Waals surface area contributed by atoms with E-state index in [1.54, 1.807) is 0 Å². The topological polar surface area (TPSA) is 55.4 Å². The lowest BCUT2D eigenvalue weighted by molar-refractivity contribution is 0.0837. The van der Waals surface area contributed by atoms with E-state index >= 15 is 0 Å². The van der Waals surface area contributed by atoms with Crippen LogP contribution in [0.15, 0.2) is 59.9 Å². The van der Waals surface area contributed by atoms with Gasteiger partial charge in [-0.3, -0.25) is 0 Å². The Kier molecular flexibility index (Phi) is 14.7. The second-order valence-corrected chi connectivity index (χ2v) is 13.0. The molecule has 0 aromatic heterocycles. The van der Waals surface area contributed by atoms with E-state index in [1.165, 1.54) is 0 Å². The van der Waals surface area contributed by atoms with Crippen molar-refractivity contribution in [1.29, 1.82) is 0 Å². The van der Waals surface area contributed by atoms with Crippen LogP contribution in [0.4, 0.5) is 0 Å². The molecule has 208 valence electrons. The highest BCUT2D eigenvalue weighted by atomic mass is 28.4. The lowest BCUT2D eigenvalue weighted by Crippen LogP contribution is -2.44. The molecule has 0 aliphatic carbocycles. The van der Waals surface area contributed by atoms with Crippen LogP contribution in [0.2, 0.25) is 0 Å². The van der Waals surface area contributed by atoms with Gasteiger partial charge >= 0.3 is 17.6 Å². The molecule has 0 heterocycles. The molecule has 0 aliphatic rings. The Morgan fingerprint density at radius 1 is 0.395 bits per heavy atom. The van der Waals surface area contributed by atoms with Crippen LogP contribution in [-0.2, 0) is 26.6 Å². The van der Waals surface area contributed by atoms with Gasteiger partial charge in [0.25, 0.3) is 0 Å². The van der Waals surface area contributed by atoms with Gasteiger partial charge < -0.3 is 26.6 Å². The molecule has 6 nitrogen and oxygen atoms in total. The van der Waals surface area contributed by atoms with Crippen molar-refractivity contribution in [3.8, 4) is 0 Å². The van der Waals surface area contributed by atoms with Gasteiger partial charge in [-0.15, -0.1) is 0 Å². The second-order valence-electron chi connectivity index (χ2n) is 8.14. The molecule has 2 aromatic rings. The third kappa shape index (κ3) is 10.5. The van der Waals surface area contributed by atoms with Crippen LogP contribution < -0.4 is 0 Å². The smallest absolute Gasteiger partial charge is 0.371 e. The number of hydrogen-bond donors (Lipinski definition) is 0. The van der Waals surface area contributed by atoms with Crippen molar-refractivity contribution in [2.24, 2.45) is 0 Å². The van der Waals surface area contributed by atoms with E-state index in [0.717, 1.165) is 22.3 Å². The fourth-order valence-electron chi connectivity index (χ4n) is 3.77. The zero-order valence-electron chi connectivity index (χ0n) is 23.8. The Balaban J connectivity index is 2.07. The lowest BCUT2D eigenvalue weighted by atomic mass is 10.1. The van der Waals surface area contributed by atoms with Crippen molar-refractivity contribution in [3.63, 3.8) is 0 Å². The average molecular weight is 557 g/mol. The highest BCUT2D eigenvalue weighted by Gasteiger charge is 2.38. The summed E-state index contributed by atoms with van der Waals surface area (Å²) in [5.74, 6) is 0. The average Bonchev–Trinajstić information content (AvgIpc) is 2.92. The Bertz CT molecular complexity index is 887. The highest BCUT2D eigenvalue weighted by Crippen LogP contribution is 2.18. The molecule has 0 radical (unpaired) electrons. The minimum atomic E-state index is -2.80. The zero-order valence-corrected chi connectivity index (χ0v) is 25.8. The van der Waals surface area contributed by atoms with Gasteiger partial charge in [-0.05, 0) is 75.2 Å². The Hall–Kier alpha value is -2.15. The first-order valence-corrected chi connectivity index (χ1v) is 17.2. The molecular weight excluding hydrogens is 512 g/mol. The van der Waals surface area contributed by atoms with E-state index in [9.17, 15) is 0 Å². The molecule has 8 heteroatoms. The van der Waals surface area contributed by atoms with E-state index in [-0.39, 0.29) is 0 Å². The SMILES string of the molecule is CCO[Si](C=Cc1ccc(C=Cc2ccc(C=C[Si](OCC)(OCC)OCC)cc2)cc1)(OCC)OCC. The highest BCUT2D eigenvalue weighted by molar-refractivity contribution is 6.67. The van der Waals surface area contributed by atoms with E-state index < -0.39 is 17.6 Å². The fourth-order valence-corrected chi connectivity index (χ4v) is 8.06. The summed E-state index contributed by atoms with van der Waals surface area (Å²) in [6, 6.07) is 16.7. The predicted molar refractivity (Wildman–Crippen MR) is 161 cm³/mol. The first-order chi connectivity index (χ1) is 18.5. The summed E-state index contributed by atoms with van der Waals surface area (Å²) in [5.41, 5.74) is 8.31. The first-order valence-electron chi connectivity index (χ1n) is 13.6. The Morgan fingerprint density at radius 2 is 0.605 bits per heavy atom. The van der Waals surface area contributed by atoms with Crippen LogP contribution in [0.25, 0.3) is 24.3 Å². The molecule has 2 rings (SSSR count). The summed E-state index contributed by atoms with van der Waals surface area (Å²) in [5, 5.41) is 0. The maximum Gasteiger partial charge on any atom is 0.529 e. The Labute approximate surface area is 231 Å². The second kappa shape index (κ2) is 17.4.